The van der Waals surface area contributed by atoms with Crippen molar-refractivity contribution < 1.29 is 18.3 Å². The van der Waals surface area contributed by atoms with E-state index in [4.69, 9.17) is 5.26 Å². The first-order valence-electron chi connectivity index (χ1n) is 6.15. The van der Waals surface area contributed by atoms with Crippen molar-refractivity contribution in [3.63, 3.8) is 0 Å². The minimum absolute atomic E-state index is 0.0349. The molecule has 1 aromatic carbocycles. The van der Waals surface area contributed by atoms with E-state index in [9.17, 15) is 18.3 Å². The highest BCUT2D eigenvalue weighted by Gasteiger charge is 2.38. The van der Waals surface area contributed by atoms with E-state index in [2.05, 4.69) is 0 Å². The summed E-state index contributed by atoms with van der Waals surface area (Å²) in [6, 6.07) is 4.15. The highest BCUT2D eigenvalue weighted by atomic mass is 19.4. The lowest BCUT2D eigenvalue weighted by molar-refractivity contribution is -0.138. The molecule has 0 aliphatic heterocycles. The van der Waals surface area contributed by atoms with Crippen molar-refractivity contribution in [2.75, 3.05) is 0 Å². The van der Waals surface area contributed by atoms with E-state index in [-0.39, 0.29) is 17.0 Å². The predicted octanol–water partition coefficient (Wildman–Crippen LogP) is 3.72. The highest BCUT2D eigenvalue weighted by molar-refractivity contribution is 5.48. The number of benzene rings is 1. The second kappa shape index (κ2) is 4.86. The van der Waals surface area contributed by atoms with Crippen molar-refractivity contribution in [3.8, 4) is 6.07 Å². The summed E-state index contributed by atoms with van der Waals surface area (Å²) in [5, 5.41) is 18.9. The maximum atomic E-state index is 13.0. The number of nitrogens with zero attached hydrogens (tertiary/aromatic N) is 1. The number of rotatable bonds is 2. The number of aliphatic hydroxyl groups excluding tert-OH is 1. The maximum Gasteiger partial charge on any atom is 0.417 e. The molecule has 0 bridgehead atoms. The summed E-state index contributed by atoms with van der Waals surface area (Å²) < 4.78 is 39.0. The second-order valence-electron chi connectivity index (χ2n) is 4.95. The Labute approximate surface area is 109 Å². The third kappa shape index (κ3) is 2.45. The average Bonchev–Trinajstić information content (AvgIpc) is 2.23. The lowest BCUT2D eigenvalue weighted by Gasteiger charge is -2.32. The number of hydrogen-bond donors (Lipinski definition) is 1. The van der Waals surface area contributed by atoms with Crippen LogP contribution in [0.5, 0.6) is 0 Å². The van der Waals surface area contributed by atoms with Crippen LogP contribution in [0.4, 0.5) is 13.2 Å². The summed E-state index contributed by atoms with van der Waals surface area (Å²) in [5.41, 5.74) is -1.07. The fourth-order valence-corrected chi connectivity index (χ4v) is 2.52. The Morgan fingerprint density at radius 3 is 2.42 bits per heavy atom. The van der Waals surface area contributed by atoms with Gasteiger partial charge in [0.1, 0.15) is 0 Å². The quantitative estimate of drug-likeness (QED) is 0.889. The van der Waals surface area contributed by atoms with E-state index in [1.165, 1.54) is 13.0 Å². The van der Waals surface area contributed by atoms with Gasteiger partial charge in [0, 0.05) is 0 Å². The molecule has 1 saturated carbocycles. The summed E-state index contributed by atoms with van der Waals surface area (Å²) in [6.45, 7) is 1.32. The summed E-state index contributed by atoms with van der Waals surface area (Å²) in [5.74, 6) is 0.0349. The lowest BCUT2D eigenvalue weighted by Crippen LogP contribution is -2.22. The Hall–Kier alpha value is -1.54. The topological polar surface area (TPSA) is 44.0 Å². The number of nitriles is 1. The number of aliphatic hydroxyl groups is 1. The largest absolute Gasteiger partial charge is 0.417 e. The van der Waals surface area contributed by atoms with Crippen LogP contribution in [-0.4, -0.2) is 5.11 Å². The Morgan fingerprint density at radius 1 is 1.37 bits per heavy atom. The van der Waals surface area contributed by atoms with Crippen LogP contribution >= 0.6 is 0 Å². The molecule has 1 aromatic rings. The lowest BCUT2D eigenvalue weighted by atomic mass is 9.77. The monoisotopic (exact) mass is 269 g/mol. The van der Waals surface area contributed by atoms with E-state index in [0.717, 1.165) is 25.3 Å². The predicted molar refractivity (Wildman–Crippen MR) is 63.2 cm³/mol. The van der Waals surface area contributed by atoms with Crippen LogP contribution in [0.3, 0.4) is 0 Å². The average molecular weight is 269 g/mol. The molecule has 0 saturated heterocycles. The summed E-state index contributed by atoms with van der Waals surface area (Å²) in [4.78, 5) is 0. The van der Waals surface area contributed by atoms with Gasteiger partial charge >= 0.3 is 6.18 Å². The normalized spacial score (nSPS) is 17.7. The zero-order chi connectivity index (χ0) is 14.2. The molecule has 2 nitrogen and oxygen atoms in total. The first-order chi connectivity index (χ1) is 8.86. The molecule has 5 heteroatoms. The SMILES string of the molecule is Cc1c(C(O)C2CCC2)ccc(C#N)c1C(F)(F)F. The minimum Gasteiger partial charge on any atom is -0.388 e. The summed E-state index contributed by atoms with van der Waals surface area (Å²) >= 11 is 0. The first-order valence-corrected chi connectivity index (χ1v) is 6.15. The van der Waals surface area contributed by atoms with Gasteiger partial charge in [-0.2, -0.15) is 18.4 Å². The Kier molecular flexibility index (Phi) is 3.55. The minimum atomic E-state index is -4.58. The number of alkyl halides is 3. The Bertz CT molecular complexity index is 527. The van der Waals surface area contributed by atoms with E-state index in [1.54, 1.807) is 6.07 Å². The molecule has 1 aliphatic rings. The van der Waals surface area contributed by atoms with Gasteiger partial charge in [0.25, 0.3) is 0 Å². The van der Waals surface area contributed by atoms with Gasteiger partial charge in [-0.3, -0.25) is 0 Å². The molecule has 0 aromatic heterocycles. The first kappa shape index (κ1) is 13.9. The molecule has 0 heterocycles. The molecule has 102 valence electrons. The number of halogens is 3. The van der Waals surface area contributed by atoms with Gasteiger partial charge < -0.3 is 5.11 Å². The molecular formula is C14H14F3NO. The van der Waals surface area contributed by atoms with E-state index >= 15 is 0 Å². The summed E-state index contributed by atoms with van der Waals surface area (Å²) in [6.07, 6.45) is -2.78. The zero-order valence-electron chi connectivity index (χ0n) is 10.5. The van der Waals surface area contributed by atoms with Gasteiger partial charge in [0.05, 0.1) is 23.3 Å². The van der Waals surface area contributed by atoms with Crippen molar-refractivity contribution in [2.24, 2.45) is 5.92 Å². The van der Waals surface area contributed by atoms with Gasteiger partial charge in [-0.05, 0) is 42.9 Å². The third-order valence-electron chi connectivity index (χ3n) is 3.83. The Balaban J connectivity index is 2.50. The Morgan fingerprint density at radius 2 is 2.00 bits per heavy atom. The fourth-order valence-electron chi connectivity index (χ4n) is 2.52. The molecule has 19 heavy (non-hydrogen) atoms. The smallest absolute Gasteiger partial charge is 0.388 e. The zero-order valence-corrected chi connectivity index (χ0v) is 10.5. The van der Waals surface area contributed by atoms with Crippen LogP contribution < -0.4 is 0 Å². The molecule has 0 radical (unpaired) electrons. The van der Waals surface area contributed by atoms with Crippen LogP contribution in [0.2, 0.25) is 0 Å². The van der Waals surface area contributed by atoms with Crippen molar-refractivity contribution >= 4 is 0 Å². The molecule has 2 rings (SSSR count). The van der Waals surface area contributed by atoms with Crippen LogP contribution in [-0.2, 0) is 6.18 Å². The van der Waals surface area contributed by atoms with E-state index in [1.807, 2.05) is 0 Å². The van der Waals surface area contributed by atoms with Gasteiger partial charge in [-0.1, -0.05) is 12.5 Å². The van der Waals surface area contributed by atoms with Crippen molar-refractivity contribution in [1.82, 2.24) is 0 Å². The fraction of sp³-hybridized carbons (Fsp3) is 0.500. The molecule has 1 unspecified atom stereocenters. The van der Waals surface area contributed by atoms with E-state index in [0.29, 0.717) is 0 Å². The van der Waals surface area contributed by atoms with E-state index < -0.39 is 23.4 Å². The van der Waals surface area contributed by atoms with Crippen LogP contribution in [0.25, 0.3) is 0 Å². The van der Waals surface area contributed by atoms with Gasteiger partial charge in [-0.15, -0.1) is 0 Å². The molecule has 1 atom stereocenters. The van der Waals surface area contributed by atoms with Gasteiger partial charge in [0.15, 0.2) is 0 Å². The number of hydrogen-bond acceptors (Lipinski definition) is 2. The molecule has 0 spiro atoms. The van der Waals surface area contributed by atoms with Gasteiger partial charge in [0.2, 0.25) is 0 Å². The highest BCUT2D eigenvalue weighted by Crippen LogP contribution is 2.42. The summed E-state index contributed by atoms with van der Waals surface area (Å²) in [7, 11) is 0. The van der Waals surface area contributed by atoms with Crippen LogP contribution in [0.15, 0.2) is 12.1 Å². The van der Waals surface area contributed by atoms with Crippen molar-refractivity contribution in [3.05, 3.63) is 34.4 Å². The van der Waals surface area contributed by atoms with Crippen molar-refractivity contribution in [1.29, 1.82) is 5.26 Å². The molecule has 0 amide bonds. The van der Waals surface area contributed by atoms with Crippen LogP contribution in [0.1, 0.15) is 47.6 Å². The molecule has 1 aliphatic carbocycles. The van der Waals surface area contributed by atoms with Gasteiger partial charge in [-0.25, -0.2) is 0 Å². The van der Waals surface area contributed by atoms with Crippen molar-refractivity contribution in [2.45, 2.75) is 38.5 Å². The standard InChI is InChI=1S/C14H14F3NO/c1-8-11(13(19)9-3-2-4-9)6-5-10(7-18)12(8)14(15,16)17/h5-6,9,13,19H,2-4H2,1H3. The maximum absolute atomic E-state index is 13.0. The third-order valence-corrected chi connectivity index (χ3v) is 3.83. The molecular weight excluding hydrogens is 255 g/mol. The molecule has 1 fully saturated rings. The van der Waals surface area contributed by atoms with Crippen LogP contribution in [0, 0.1) is 24.2 Å². The molecule has 1 N–H and O–H groups in total. The second-order valence-corrected chi connectivity index (χ2v) is 4.95.